The van der Waals surface area contributed by atoms with Crippen LogP contribution in [0.1, 0.15) is 70.4 Å². The average Bonchev–Trinajstić information content (AvgIpc) is 3.12. The lowest BCUT2D eigenvalue weighted by atomic mass is 9.85. The van der Waals surface area contributed by atoms with Crippen LogP contribution in [-0.4, -0.2) is 9.97 Å². The van der Waals surface area contributed by atoms with Crippen molar-refractivity contribution in [3.63, 3.8) is 0 Å². The van der Waals surface area contributed by atoms with E-state index in [2.05, 4.69) is 35.2 Å². The van der Waals surface area contributed by atoms with E-state index >= 15 is 0 Å². The van der Waals surface area contributed by atoms with Gasteiger partial charge in [0.1, 0.15) is 0 Å². The van der Waals surface area contributed by atoms with Gasteiger partial charge in [-0.2, -0.15) is 0 Å². The number of aromatic amines is 1. The average molecular weight is 272 g/mol. The summed E-state index contributed by atoms with van der Waals surface area (Å²) in [7, 11) is 0. The van der Waals surface area contributed by atoms with E-state index in [0.29, 0.717) is 11.3 Å². The zero-order valence-corrected chi connectivity index (χ0v) is 12.8. The SMILES string of the molecule is C[C@H](/C=C/CCC1CCCCC1)C1(c2c[nH]cn2)CC1. The number of allylic oxidation sites excluding steroid dienone is 2. The number of hydrogen-bond acceptors (Lipinski definition) is 1. The van der Waals surface area contributed by atoms with Crippen LogP contribution in [0.3, 0.4) is 0 Å². The maximum Gasteiger partial charge on any atom is 0.0923 e. The molecular formula is C18H28N2. The molecule has 0 unspecified atom stereocenters. The summed E-state index contributed by atoms with van der Waals surface area (Å²) in [5.41, 5.74) is 1.61. The standard InChI is InChI=1S/C18H28N2/c1-15(18(11-12-18)17-13-19-14-20-17)7-5-6-10-16-8-3-2-4-9-16/h5,7,13-16H,2-4,6,8-12H2,1H3,(H,19,20)/b7-5+/t15-/m1/s1. The molecule has 2 aliphatic carbocycles. The molecule has 1 aromatic rings. The highest BCUT2D eigenvalue weighted by Gasteiger charge is 2.49. The van der Waals surface area contributed by atoms with Crippen LogP contribution in [0.15, 0.2) is 24.7 Å². The van der Waals surface area contributed by atoms with Crippen LogP contribution in [0.2, 0.25) is 0 Å². The molecule has 2 saturated carbocycles. The Kier molecular flexibility index (Phi) is 4.28. The quantitative estimate of drug-likeness (QED) is 0.726. The second kappa shape index (κ2) is 6.15. The van der Waals surface area contributed by atoms with Gasteiger partial charge in [-0.25, -0.2) is 4.98 Å². The van der Waals surface area contributed by atoms with Crippen molar-refractivity contribution in [3.8, 4) is 0 Å². The molecule has 1 heterocycles. The number of aromatic nitrogens is 2. The minimum absolute atomic E-state index is 0.349. The van der Waals surface area contributed by atoms with Crippen LogP contribution in [0.5, 0.6) is 0 Å². The molecule has 20 heavy (non-hydrogen) atoms. The highest BCUT2D eigenvalue weighted by atomic mass is 14.9. The monoisotopic (exact) mass is 272 g/mol. The highest BCUT2D eigenvalue weighted by Crippen LogP contribution is 2.53. The number of nitrogens with zero attached hydrogens (tertiary/aromatic N) is 1. The van der Waals surface area contributed by atoms with Crippen molar-refractivity contribution in [3.05, 3.63) is 30.4 Å². The Morgan fingerprint density at radius 3 is 2.80 bits per heavy atom. The minimum atomic E-state index is 0.349. The summed E-state index contributed by atoms with van der Waals surface area (Å²) in [6, 6.07) is 0. The van der Waals surface area contributed by atoms with E-state index in [1.165, 1.54) is 63.5 Å². The molecule has 0 saturated heterocycles. The molecular weight excluding hydrogens is 244 g/mol. The van der Waals surface area contributed by atoms with E-state index in [4.69, 9.17) is 0 Å². The molecule has 1 atom stereocenters. The number of nitrogens with one attached hydrogen (secondary N) is 1. The van der Waals surface area contributed by atoms with Gasteiger partial charge in [0.25, 0.3) is 0 Å². The van der Waals surface area contributed by atoms with Crippen LogP contribution < -0.4 is 0 Å². The van der Waals surface area contributed by atoms with Gasteiger partial charge in [0.05, 0.1) is 12.0 Å². The van der Waals surface area contributed by atoms with Gasteiger partial charge in [-0.1, -0.05) is 51.2 Å². The summed E-state index contributed by atoms with van der Waals surface area (Å²) in [4.78, 5) is 7.59. The fourth-order valence-electron chi connectivity index (χ4n) is 3.90. The molecule has 0 bridgehead atoms. The first-order valence-electron chi connectivity index (χ1n) is 8.47. The van der Waals surface area contributed by atoms with Gasteiger partial charge < -0.3 is 4.98 Å². The van der Waals surface area contributed by atoms with Crippen molar-refractivity contribution in [2.24, 2.45) is 11.8 Å². The molecule has 2 aliphatic rings. The molecule has 1 N–H and O–H groups in total. The smallest absolute Gasteiger partial charge is 0.0923 e. The first kappa shape index (κ1) is 13.9. The molecule has 0 amide bonds. The van der Waals surface area contributed by atoms with Crippen LogP contribution in [-0.2, 0) is 5.41 Å². The Morgan fingerprint density at radius 2 is 2.15 bits per heavy atom. The number of hydrogen-bond donors (Lipinski definition) is 1. The Morgan fingerprint density at radius 1 is 1.35 bits per heavy atom. The Labute approximate surface area is 123 Å². The van der Waals surface area contributed by atoms with E-state index in [9.17, 15) is 0 Å². The largest absolute Gasteiger partial charge is 0.351 e. The molecule has 1 aromatic heterocycles. The zero-order chi connectivity index (χ0) is 13.8. The summed E-state index contributed by atoms with van der Waals surface area (Å²) in [5, 5.41) is 0. The van der Waals surface area contributed by atoms with Gasteiger partial charge in [0.2, 0.25) is 0 Å². The van der Waals surface area contributed by atoms with E-state index in [-0.39, 0.29) is 0 Å². The third kappa shape index (κ3) is 2.99. The van der Waals surface area contributed by atoms with Crippen molar-refractivity contribution in [1.29, 1.82) is 0 Å². The first-order chi connectivity index (χ1) is 9.81. The number of rotatable bonds is 6. The normalized spacial score (nSPS) is 24.1. The fourth-order valence-corrected chi connectivity index (χ4v) is 3.90. The van der Waals surface area contributed by atoms with Crippen LogP contribution in [0, 0.1) is 11.8 Å². The summed E-state index contributed by atoms with van der Waals surface area (Å²) in [6.07, 6.45) is 21.4. The molecule has 2 heteroatoms. The van der Waals surface area contributed by atoms with Gasteiger partial charge in [-0.05, 0) is 37.5 Å². The van der Waals surface area contributed by atoms with E-state index in [1.54, 1.807) is 0 Å². The third-order valence-corrected chi connectivity index (χ3v) is 5.56. The van der Waals surface area contributed by atoms with Gasteiger partial charge >= 0.3 is 0 Å². The second-order valence-electron chi connectivity index (χ2n) is 6.91. The summed E-state index contributed by atoms with van der Waals surface area (Å²) >= 11 is 0. The minimum Gasteiger partial charge on any atom is -0.351 e. The number of H-pyrrole nitrogens is 1. The van der Waals surface area contributed by atoms with Crippen molar-refractivity contribution in [2.75, 3.05) is 0 Å². The van der Waals surface area contributed by atoms with Crippen LogP contribution in [0.4, 0.5) is 0 Å². The second-order valence-corrected chi connectivity index (χ2v) is 6.91. The van der Waals surface area contributed by atoms with Crippen molar-refractivity contribution < 1.29 is 0 Å². The van der Waals surface area contributed by atoms with Gasteiger partial charge in [-0.15, -0.1) is 0 Å². The Hall–Kier alpha value is -1.05. The lowest BCUT2D eigenvalue weighted by molar-refractivity contribution is 0.341. The van der Waals surface area contributed by atoms with Crippen molar-refractivity contribution in [2.45, 2.75) is 70.1 Å². The molecule has 0 aliphatic heterocycles. The zero-order valence-electron chi connectivity index (χ0n) is 12.8. The molecule has 0 aromatic carbocycles. The maximum atomic E-state index is 4.48. The summed E-state index contributed by atoms with van der Waals surface area (Å²) in [6.45, 7) is 2.36. The molecule has 0 spiro atoms. The molecule has 2 fully saturated rings. The summed E-state index contributed by atoms with van der Waals surface area (Å²) in [5.74, 6) is 1.63. The highest BCUT2D eigenvalue weighted by molar-refractivity contribution is 5.26. The molecule has 2 nitrogen and oxygen atoms in total. The van der Waals surface area contributed by atoms with Crippen LogP contribution >= 0.6 is 0 Å². The fraction of sp³-hybridized carbons (Fsp3) is 0.722. The van der Waals surface area contributed by atoms with Gasteiger partial charge in [0.15, 0.2) is 0 Å². The molecule has 110 valence electrons. The molecule has 3 rings (SSSR count). The van der Waals surface area contributed by atoms with E-state index in [1.807, 2.05) is 6.33 Å². The van der Waals surface area contributed by atoms with Crippen LogP contribution in [0.25, 0.3) is 0 Å². The van der Waals surface area contributed by atoms with Crippen molar-refractivity contribution >= 4 is 0 Å². The lowest BCUT2D eigenvalue weighted by Crippen LogP contribution is -2.16. The number of imidazole rings is 1. The van der Waals surface area contributed by atoms with Gasteiger partial charge in [0, 0.05) is 11.6 Å². The predicted octanol–water partition coefficient (Wildman–Crippen LogP) is 4.99. The topological polar surface area (TPSA) is 28.7 Å². The van der Waals surface area contributed by atoms with E-state index in [0.717, 1.165) is 5.92 Å². The Balaban J connectivity index is 1.46. The third-order valence-electron chi connectivity index (χ3n) is 5.56. The van der Waals surface area contributed by atoms with Crippen molar-refractivity contribution in [1.82, 2.24) is 9.97 Å². The van der Waals surface area contributed by atoms with E-state index < -0.39 is 0 Å². The molecule has 0 radical (unpaired) electrons. The summed E-state index contributed by atoms with van der Waals surface area (Å²) < 4.78 is 0. The first-order valence-corrected chi connectivity index (χ1v) is 8.47. The lowest BCUT2D eigenvalue weighted by Gasteiger charge is -2.21. The Bertz CT molecular complexity index is 422. The predicted molar refractivity (Wildman–Crippen MR) is 83.6 cm³/mol. The van der Waals surface area contributed by atoms with Gasteiger partial charge in [-0.3, -0.25) is 0 Å². The maximum absolute atomic E-state index is 4.48.